The Morgan fingerprint density at radius 3 is 1.00 bits per heavy atom. The van der Waals surface area contributed by atoms with Crippen LogP contribution in [-0.4, -0.2) is 47.4 Å². The number of hydrogen-bond acceptors (Lipinski definition) is 5. The standard InChI is InChI=1S/C73H139NO5/c1-3-5-7-9-11-13-15-17-19-35-38-41-45-49-53-57-61-65-71(76)70(69-75)74-72(77)66-62-58-54-50-46-42-39-36-33-31-29-27-25-23-21-20-22-24-26-28-30-32-34-37-40-44-48-52-56-60-64-68-79-73(78)67-63-59-55-51-47-43-18-16-14-12-10-8-6-4-2/h10,12,16,18,61,65,70-71,75-76H,3-9,11,13-15,17,19-60,62-64,66-69H2,1-2H3,(H,74,77)/b12-10-,18-16-,65-61+. The highest BCUT2D eigenvalue weighted by molar-refractivity contribution is 5.76. The van der Waals surface area contributed by atoms with Crippen molar-refractivity contribution in [3.05, 3.63) is 36.5 Å². The van der Waals surface area contributed by atoms with Crippen molar-refractivity contribution < 1.29 is 24.5 Å². The number of ether oxygens (including phenoxy) is 1. The number of aliphatic hydroxyl groups excluding tert-OH is 2. The molecule has 0 aromatic rings. The van der Waals surface area contributed by atoms with Gasteiger partial charge in [0.2, 0.25) is 5.91 Å². The van der Waals surface area contributed by atoms with Crippen LogP contribution in [0.1, 0.15) is 393 Å². The van der Waals surface area contributed by atoms with Crippen LogP contribution in [-0.2, 0) is 14.3 Å². The molecule has 0 saturated carbocycles. The first-order chi connectivity index (χ1) is 39.0. The topological polar surface area (TPSA) is 95.9 Å². The van der Waals surface area contributed by atoms with Crippen LogP contribution >= 0.6 is 0 Å². The number of carbonyl (C=O) groups is 2. The summed E-state index contributed by atoms with van der Waals surface area (Å²) >= 11 is 0. The summed E-state index contributed by atoms with van der Waals surface area (Å²) in [6.07, 6.45) is 88.0. The second kappa shape index (κ2) is 68.6. The Morgan fingerprint density at radius 1 is 0.354 bits per heavy atom. The lowest BCUT2D eigenvalue weighted by molar-refractivity contribution is -0.143. The molecule has 79 heavy (non-hydrogen) atoms. The maximum absolute atomic E-state index is 12.5. The molecule has 2 atom stereocenters. The van der Waals surface area contributed by atoms with Gasteiger partial charge in [-0.05, 0) is 57.8 Å². The van der Waals surface area contributed by atoms with Crippen molar-refractivity contribution >= 4 is 11.9 Å². The summed E-state index contributed by atoms with van der Waals surface area (Å²) in [7, 11) is 0. The fourth-order valence-electron chi connectivity index (χ4n) is 11.2. The number of amides is 1. The summed E-state index contributed by atoms with van der Waals surface area (Å²) in [6, 6.07) is -0.625. The predicted molar refractivity (Wildman–Crippen MR) is 347 cm³/mol. The van der Waals surface area contributed by atoms with Gasteiger partial charge in [0.25, 0.3) is 0 Å². The molecule has 0 saturated heterocycles. The van der Waals surface area contributed by atoms with E-state index in [9.17, 15) is 19.8 Å². The Hall–Kier alpha value is -1.92. The average Bonchev–Trinajstić information content (AvgIpc) is 3.45. The number of unbranched alkanes of at least 4 members (excludes halogenated alkanes) is 52. The number of rotatable bonds is 67. The van der Waals surface area contributed by atoms with Crippen molar-refractivity contribution in [2.75, 3.05) is 13.2 Å². The minimum Gasteiger partial charge on any atom is -0.466 e. The maximum atomic E-state index is 12.5. The number of allylic oxidation sites excluding steroid dienone is 5. The Labute approximate surface area is 494 Å². The van der Waals surface area contributed by atoms with Gasteiger partial charge in [0.15, 0.2) is 0 Å². The Balaban J connectivity index is 3.35. The van der Waals surface area contributed by atoms with Crippen LogP contribution in [0, 0.1) is 0 Å². The first-order valence-electron chi connectivity index (χ1n) is 35.8. The van der Waals surface area contributed by atoms with Crippen molar-refractivity contribution in [1.29, 1.82) is 0 Å². The molecule has 6 heteroatoms. The van der Waals surface area contributed by atoms with Crippen molar-refractivity contribution in [2.45, 2.75) is 405 Å². The summed E-state index contributed by atoms with van der Waals surface area (Å²) in [6.45, 7) is 4.89. The summed E-state index contributed by atoms with van der Waals surface area (Å²) in [5.41, 5.74) is 0. The molecular formula is C73H139NO5. The molecule has 2 unspecified atom stereocenters. The summed E-state index contributed by atoms with van der Waals surface area (Å²) < 4.78 is 5.48. The third-order valence-electron chi connectivity index (χ3n) is 16.7. The molecule has 0 rings (SSSR count). The lowest BCUT2D eigenvalue weighted by atomic mass is 10.0. The van der Waals surface area contributed by atoms with Crippen molar-refractivity contribution in [2.24, 2.45) is 0 Å². The zero-order valence-corrected chi connectivity index (χ0v) is 53.4. The second-order valence-electron chi connectivity index (χ2n) is 24.6. The summed E-state index contributed by atoms with van der Waals surface area (Å²) in [5.74, 6) is -0.0549. The largest absolute Gasteiger partial charge is 0.466 e. The van der Waals surface area contributed by atoms with E-state index in [-0.39, 0.29) is 18.5 Å². The first kappa shape index (κ1) is 77.1. The SMILES string of the molecule is CCCC/C=C\C/C=C\CCCCCCCC(=O)OCCCCCCCCCCCCCCCCCCCCCCCCCCCCCCCCCC(=O)NC(CO)C(O)/C=C/CCCCCCCCCCCCCCCCC. The van der Waals surface area contributed by atoms with Gasteiger partial charge < -0.3 is 20.3 Å². The van der Waals surface area contributed by atoms with E-state index in [0.29, 0.717) is 19.4 Å². The van der Waals surface area contributed by atoms with E-state index in [1.807, 2.05) is 6.08 Å². The molecule has 0 aromatic heterocycles. The Bertz CT molecular complexity index is 1280. The van der Waals surface area contributed by atoms with E-state index in [1.54, 1.807) is 6.08 Å². The van der Waals surface area contributed by atoms with Crippen molar-refractivity contribution in [3.63, 3.8) is 0 Å². The lowest BCUT2D eigenvalue weighted by Gasteiger charge is -2.20. The lowest BCUT2D eigenvalue weighted by Crippen LogP contribution is -2.45. The first-order valence-corrected chi connectivity index (χ1v) is 35.8. The molecule has 0 aromatic carbocycles. The summed E-state index contributed by atoms with van der Waals surface area (Å²) in [4.78, 5) is 24.6. The van der Waals surface area contributed by atoms with Crippen LogP contribution in [0.3, 0.4) is 0 Å². The van der Waals surface area contributed by atoms with Gasteiger partial charge in [0.1, 0.15) is 0 Å². The van der Waals surface area contributed by atoms with Crippen molar-refractivity contribution in [1.82, 2.24) is 5.32 Å². The van der Waals surface area contributed by atoms with E-state index < -0.39 is 12.1 Å². The van der Waals surface area contributed by atoms with Gasteiger partial charge in [0, 0.05) is 12.8 Å². The van der Waals surface area contributed by atoms with Gasteiger partial charge in [-0.1, -0.05) is 359 Å². The van der Waals surface area contributed by atoms with E-state index in [0.717, 1.165) is 51.4 Å². The highest BCUT2D eigenvalue weighted by Crippen LogP contribution is 2.19. The molecule has 466 valence electrons. The predicted octanol–water partition coefficient (Wildman–Crippen LogP) is 23.1. The van der Waals surface area contributed by atoms with Crippen molar-refractivity contribution in [3.8, 4) is 0 Å². The third kappa shape index (κ3) is 65.1. The quantitative estimate of drug-likeness (QED) is 0.0320. The molecule has 0 fully saturated rings. The van der Waals surface area contributed by atoms with Gasteiger partial charge in [-0.15, -0.1) is 0 Å². The maximum Gasteiger partial charge on any atom is 0.305 e. The molecule has 1 amide bonds. The minimum atomic E-state index is -0.842. The molecule has 0 aliphatic carbocycles. The highest BCUT2D eigenvalue weighted by Gasteiger charge is 2.18. The number of hydrogen-bond donors (Lipinski definition) is 3. The van der Waals surface area contributed by atoms with Gasteiger partial charge in [0.05, 0.1) is 25.4 Å². The number of esters is 1. The molecule has 0 radical (unpaired) electrons. The molecule has 0 heterocycles. The van der Waals surface area contributed by atoms with E-state index in [2.05, 4.69) is 43.5 Å². The second-order valence-corrected chi connectivity index (χ2v) is 24.6. The molecule has 3 N–H and O–H groups in total. The van der Waals surface area contributed by atoms with E-state index in [4.69, 9.17) is 4.74 Å². The molecular weight excluding hydrogens is 971 g/mol. The van der Waals surface area contributed by atoms with Crippen LogP contribution in [0.25, 0.3) is 0 Å². The Kier molecular flexibility index (Phi) is 66.9. The average molecular weight is 1110 g/mol. The fourth-order valence-corrected chi connectivity index (χ4v) is 11.2. The van der Waals surface area contributed by atoms with E-state index in [1.165, 1.54) is 315 Å². The third-order valence-corrected chi connectivity index (χ3v) is 16.7. The zero-order valence-electron chi connectivity index (χ0n) is 53.4. The van der Waals surface area contributed by atoms with Gasteiger partial charge >= 0.3 is 5.97 Å². The van der Waals surface area contributed by atoms with E-state index >= 15 is 0 Å². The fraction of sp³-hybridized carbons (Fsp3) is 0.890. The van der Waals surface area contributed by atoms with Crippen LogP contribution in [0.15, 0.2) is 36.5 Å². The monoisotopic (exact) mass is 1110 g/mol. The summed E-state index contributed by atoms with van der Waals surface area (Å²) in [5, 5.41) is 23.2. The highest BCUT2D eigenvalue weighted by atomic mass is 16.5. The normalized spacial score (nSPS) is 12.7. The molecule has 0 aliphatic rings. The molecule has 6 nitrogen and oxygen atoms in total. The molecule has 0 spiro atoms. The van der Waals surface area contributed by atoms with Crippen LogP contribution in [0.5, 0.6) is 0 Å². The Morgan fingerprint density at radius 2 is 0.646 bits per heavy atom. The van der Waals surface area contributed by atoms with Crippen LogP contribution in [0.2, 0.25) is 0 Å². The van der Waals surface area contributed by atoms with Gasteiger partial charge in [-0.25, -0.2) is 0 Å². The zero-order chi connectivity index (χ0) is 57.1. The van der Waals surface area contributed by atoms with Crippen LogP contribution in [0.4, 0.5) is 0 Å². The van der Waals surface area contributed by atoms with Crippen LogP contribution < -0.4 is 5.32 Å². The smallest absolute Gasteiger partial charge is 0.305 e. The minimum absolute atomic E-state index is 0.00601. The number of nitrogens with one attached hydrogen (secondary N) is 1. The number of aliphatic hydroxyl groups is 2. The number of carbonyl (C=O) groups excluding carboxylic acids is 2. The van der Waals surface area contributed by atoms with Gasteiger partial charge in [-0.2, -0.15) is 0 Å². The molecule has 0 bridgehead atoms. The van der Waals surface area contributed by atoms with Gasteiger partial charge in [-0.3, -0.25) is 9.59 Å². The molecule has 0 aliphatic heterocycles.